The zero-order valence-corrected chi connectivity index (χ0v) is 20.9. The Labute approximate surface area is 213 Å². The number of carbonyl (C=O) groups excluding carboxylic acids is 3. The number of anilines is 1. The minimum atomic E-state index is -0.930. The highest BCUT2D eigenvalue weighted by atomic mass is 32.1. The molecular formula is C27H27N3O5S. The van der Waals surface area contributed by atoms with Crippen LogP contribution in [0.25, 0.3) is 0 Å². The number of hydrogen-bond donors (Lipinski definition) is 2. The molecule has 1 aromatic heterocycles. The summed E-state index contributed by atoms with van der Waals surface area (Å²) in [6, 6.07) is 17.1. The van der Waals surface area contributed by atoms with Crippen LogP contribution in [-0.4, -0.2) is 30.1 Å². The lowest BCUT2D eigenvalue weighted by Crippen LogP contribution is -2.33. The number of carbonyl (C=O) groups is 3. The van der Waals surface area contributed by atoms with Crippen LogP contribution in [-0.2, 0) is 33.8 Å². The van der Waals surface area contributed by atoms with E-state index in [0.29, 0.717) is 28.6 Å². The molecule has 1 aliphatic carbocycles. The molecule has 2 aromatic carbocycles. The van der Waals surface area contributed by atoms with Crippen LogP contribution in [0.5, 0.6) is 5.75 Å². The number of esters is 1. The fraction of sp³-hybridized carbons (Fsp3) is 0.259. The van der Waals surface area contributed by atoms with Crippen LogP contribution in [0.1, 0.15) is 52.2 Å². The Kier molecular flexibility index (Phi) is 8.12. The van der Waals surface area contributed by atoms with Crippen molar-refractivity contribution in [2.45, 2.75) is 39.7 Å². The summed E-state index contributed by atoms with van der Waals surface area (Å²) in [5.74, 6) is -1.61. The minimum Gasteiger partial charge on any atom is -0.489 e. The summed E-state index contributed by atoms with van der Waals surface area (Å²) in [5.41, 5.74) is 5.89. The van der Waals surface area contributed by atoms with E-state index in [2.05, 4.69) is 15.8 Å². The van der Waals surface area contributed by atoms with Gasteiger partial charge in [0, 0.05) is 4.88 Å². The molecule has 1 aliphatic rings. The van der Waals surface area contributed by atoms with Gasteiger partial charge >= 0.3 is 17.8 Å². The average Bonchev–Trinajstić information content (AvgIpc) is 3.47. The first-order valence-corrected chi connectivity index (χ1v) is 12.5. The molecule has 1 heterocycles. The van der Waals surface area contributed by atoms with Crippen molar-refractivity contribution in [3.63, 3.8) is 0 Å². The molecule has 0 radical (unpaired) electrons. The highest BCUT2D eigenvalue weighted by Gasteiger charge is 2.29. The van der Waals surface area contributed by atoms with Crippen LogP contribution < -0.4 is 15.5 Å². The number of thiophene rings is 1. The largest absolute Gasteiger partial charge is 0.489 e. The van der Waals surface area contributed by atoms with Crippen LogP contribution in [0.2, 0.25) is 0 Å². The number of hydrazone groups is 1. The Morgan fingerprint density at radius 2 is 1.75 bits per heavy atom. The first-order valence-electron chi connectivity index (χ1n) is 11.7. The molecule has 0 saturated heterocycles. The second-order valence-electron chi connectivity index (χ2n) is 8.17. The van der Waals surface area contributed by atoms with Crippen LogP contribution in [0.3, 0.4) is 0 Å². The van der Waals surface area contributed by atoms with E-state index in [1.54, 1.807) is 13.8 Å². The summed E-state index contributed by atoms with van der Waals surface area (Å²) < 4.78 is 10.9. The molecule has 0 atom stereocenters. The van der Waals surface area contributed by atoms with E-state index < -0.39 is 17.8 Å². The zero-order chi connectivity index (χ0) is 25.5. The third-order valence-electron chi connectivity index (χ3n) is 5.68. The maximum absolute atomic E-state index is 12.5. The van der Waals surface area contributed by atoms with Gasteiger partial charge in [0.25, 0.3) is 0 Å². The summed E-state index contributed by atoms with van der Waals surface area (Å²) in [6.45, 7) is 4.14. The Morgan fingerprint density at radius 1 is 1.00 bits per heavy atom. The molecule has 4 rings (SSSR count). The Bertz CT molecular complexity index is 1280. The van der Waals surface area contributed by atoms with Gasteiger partial charge in [-0.05, 0) is 74.1 Å². The molecule has 0 spiro atoms. The number of aryl methyl sites for hydroxylation is 1. The average molecular weight is 506 g/mol. The summed E-state index contributed by atoms with van der Waals surface area (Å²) in [4.78, 5) is 38.4. The van der Waals surface area contributed by atoms with Crippen LogP contribution >= 0.6 is 11.3 Å². The van der Waals surface area contributed by atoms with Crippen molar-refractivity contribution in [3.05, 3.63) is 81.7 Å². The van der Waals surface area contributed by atoms with Gasteiger partial charge in [-0.2, -0.15) is 5.10 Å². The summed E-state index contributed by atoms with van der Waals surface area (Å²) >= 11 is 1.31. The van der Waals surface area contributed by atoms with Crippen LogP contribution in [0, 0.1) is 0 Å². The predicted octanol–water partition coefficient (Wildman–Crippen LogP) is 4.47. The highest BCUT2D eigenvalue weighted by Crippen LogP contribution is 2.39. The molecule has 3 aromatic rings. The maximum Gasteiger partial charge on any atom is 0.341 e. The predicted molar refractivity (Wildman–Crippen MR) is 138 cm³/mol. The number of fused-ring (bicyclic) bond motifs is 1. The van der Waals surface area contributed by atoms with Gasteiger partial charge in [-0.15, -0.1) is 11.3 Å². The monoisotopic (exact) mass is 505 g/mol. The normalized spacial score (nSPS) is 12.6. The van der Waals surface area contributed by atoms with Crippen molar-refractivity contribution in [3.8, 4) is 5.75 Å². The SMILES string of the molecule is CCOC(=O)c1c(NC(=O)C(=O)N/N=C(\C)c2ccc(OCc3ccccc3)cc2)sc2c1CCC2. The van der Waals surface area contributed by atoms with E-state index in [9.17, 15) is 14.4 Å². The Balaban J connectivity index is 1.35. The van der Waals surface area contributed by atoms with E-state index in [-0.39, 0.29) is 6.61 Å². The van der Waals surface area contributed by atoms with Gasteiger partial charge in [0.1, 0.15) is 17.4 Å². The fourth-order valence-corrected chi connectivity index (χ4v) is 5.13. The summed E-state index contributed by atoms with van der Waals surface area (Å²) in [6.07, 6.45) is 2.55. The molecule has 0 unspecified atom stereocenters. The lowest BCUT2D eigenvalue weighted by atomic mass is 10.1. The maximum atomic E-state index is 12.5. The molecule has 36 heavy (non-hydrogen) atoms. The topological polar surface area (TPSA) is 106 Å². The van der Waals surface area contributed by atoms with E-state index in [1.807, 2.05) is 54.6 Å². The number of ether oxygens (including phenoxy) is 2. The molecule has 0 saturated carbocycles. The van der Waals surface area contributed by atoms with E-state index in [4.69, 9.17) is 9.47 Å². The molecule has 0 bridgehead atoms. The lowest BCUT2D eigenvalue weighted by molar-refractivity contribution is -0.136. The quantitative estimate of drug-likeness (QED) is 0.203. The molecular weight excluding hydrogens is 478 g/mol. The molecule has 0 fully saturated rings. The first kappa shape index (κ1) is 25.1. The summed E-state index contributed by atoms with van der Waals surface area (Å²) in [5, 5.41) is 6.94. The van der Waals surface area contributed by atoms with E-state index in [0.717, 1.165) is 40.8 Å². The van der Waals surface area contributed by atoms with Gasteiger partial charge in [0.2, 0.25) is 0 Å². The minimum absolute atomic E-state index is 0.228. The number of amides is 2. The third kappa shape index (κ3) is 5.98. The number of rotatable bonds is 8. The van der Waals surface area contributed by atoms with Gasteiger partial charge in [-0.1, -0.05) is 30.3 Å². The van der Waals surface area contributed by atoms with Gasteiger partial charge in [0.15, 0.2) is 0 Å². The van der Waals surface area contributed by atoms with Gasteiger partial charge in [0.05, 0.1) is 17.9 Å². The smallest absolute Gasteiger partial charge is 0.341 e. The highest BCUT2D eigenvalue weighted by molar-refractivity contribution is 7.17. The number of benzene rings is 2. The molecule has 0 aliphatic heterocycles. The Hall–Kier alpha value is -3.98. The van der Waals surface area contributed by atoms with Gasteiger partial charge in [-0.3, -0.25) is 9.59 Å². The van der Waals surface area contributed by atoms with Crippen molar-refractivity contribution in [1.29, 1.82) is 0 Å². The van der Waals surface area contributed by atoms with Crippen LogP contribution in [0.15, 0.2) is 59.7 Å². The first-order chi connectivity index (χ1) is 17.5. The van der Waals surface area contributed by atoms with E-state index >= 15 is 0 Å². The molecule has 2 amide bonds. The number of hydrogen-bond acceptors (Lipinski definition) is 7. The molecule has 8 nitrogen and oxygen atoms in total. The van der Waals surface area contributed by atoms with Gasteiger partial charge < -0.3 is 14.8 Å². The second kappa shape index (κ2) is 11.6. The van der Waals surface area contributed by atoms with E-state index in [1.165, 1.54) is 11.3 Å². The van der Waals surface area contributed by atoms with Crippen molar-refractivity contribution >= 4 is 39.8 Å². The zero-order valence-electron chi connectivity index (χ0n) is 20.1. The Morgan fingerprint density at radius 3 is 2.47 bits per heavy atom. The fourth-order valence-electron chi connectivity index (χ4n) is 3.85. The molecule has 186 valence electrons. The number of nitrogens with zero attached hydrogens (tertiary/aromatic N) is 1. The van der Waals surface area contributed by atoms with Crippen molar-refractivity contribution in [2.75, 3.05) is 11.9 Å². The summed E-state index contributed by atoms with van der Waals surface area (Å²) in [7, 11) is 0. The van der Waals surface area contributed by atoms with Gasteiger partial charge in [-0.25, -0.2) is 10.2 Å². The van der Waals surface area contributed by atoms with Crippen LogP contribution in [0.4, 0.5) is 5.00 Å². The van der Waals surface area contributed by atoms with Crippen molar-refractivity contribution in [2.24, 2.45) is 5.10 Å². The molecule has 9 heteroatoms. The molecule has 2 N–H and O–H groups in total. The lowest BCUT2D eigenvalue weighted by Gasteiger charge is -2.08. The standard InChI is InChI=1S/C27H27N3O5S/c1-3-34-27(33)23-21-10-7-11-22(21)36-26(23)28-24(31)25(32)30-29-17(2)19-12-14-20(15-13-19)35-16-18-8-5-4-6-9-18/h4-6,8-9,12-15H,3,7,10-11,16H2,1-2H3,(H,28,31)(H,30,32)/b29-17+. The van der Waals surface area contributed by atoms with Crippen molar-refractivity contribution < 1.29 is 23.9 Å². The number of nitrogens with one attached hydrogen (secondary N) is 2. The second-order valence-corrected chi connectivity index (χ2v) is 9.28. The van der Waals surface area contributed by atoms with Crippen molar-refractivity contribution in [1.82, 2.24) is 5.43 Å². The third-order valence-corrected chi connectivity index (χ3v) is 6.89.